The fourth-order valence-corrected chi connectivity index (χ4v) is 2.44. The third-order valence-corrected chi connectivity index (χ3v) is 3.61. The summed E-state index contributed by atoms with van der Waals surface area (Å²) in [6.45, 7) is 0. The van der Waals surface area contributed by atoms with Crippen LogP contribution in [0.2, 0.25) is 5.02 Å². The number of para-hydroxylation sites is 1. The van der Waals surface area contributed by atoms with Crippen molar-refractivity contribution in [3.8, 4) is 0 Å². The summed E-state index contributed by atoms with van der Waals surface area (Å²) in [6.07, 6.45) is 3.50. The van der Waals surface area contributed by atoms with E-state index >= 15 is 0 Å². The smallest absolute Gasteiger partial charge is 0.177 e. The summed E-state index contributed by atoms with van der Waals surface area (Å²) in [5, 5.41) is 6.46. The second kappa shape index (κ2) is 6.03. The van der Waals surface area contributed by atoms with E-state index < -0.39 is 5.92 Å². The van der Waals surface area contributed by atoms with Gasteiger partial charge in [-0.3, -0.25) is 4.79 Å². The minimum Gasteiger partial charge on any atom is -0.385 e. The second-order valence-corrected chi connectivity index (χ2v) is 5.34. The molecule has 0 saturated carbocycles. The van der Waals surface area contributed by atoms with Gasteiger partial charge in [-0.05, 0) is 30.3 Å². The van der Waals surface area contributed by atoms with Crippen molar-refractivity contribution in [1.82, 2.24) is 0 Å². The predicted molar refractivity (Wildman–Crippen MR) is 89.0 cm³/mol. The van der Waals surface area contributed by atoms with Gasteiger partial charge in [0, 0.05) is 16.8 Å². The number of ketones is 1. The minimum atomic E-state index is -0.571. The van der Waals surface area contributed by atoms with Crippen molar-refractivity contribution in [3.63, 3.8) is 0 Å². The van der Waals surface area contributed by atoms with Gasteiger partial charge in [0.15, 0.2) is 5.78 Å². The van der Waals surface area contributed by atoms with Crippen LogP contribution < -0.4 is 10.7 Å². The van der Waals surface area contributed by atoms with Gasteiger partial charge in [-0.25, -0.2) is 5.01 Å². The lowest BCUT2D eigenvalue weighted by Gasteiger charge is -2.23. The molecular formula is C17H14ClN3O. The van der Waals surface area contributed by atoms with E-state index in [1.807, 2.05) is 30.3 Å². The number of anilines is 1. The highest BCUT2D eigenvalue weighted by Gasteiger charge is 2.25. The van der Waals surface area contributed by atoms with Gasteiger partial charge in [0.05, 0.1) is 5.69 Å². The molecule has 22 heavy (non-hydrogen) atoms. The van der Waals surface area contributed by atoms with Crippen molar-refractivity contribution in [3.05, 3.63) is 77.5 Å². The monoisotopic (exact) mass is 311 g/mol. The molecule has 2 aromatic rings. The Morgan fingerprint density at radius 1 is 1.14 bits per heavy atom. The van der Waals surface area contributed by atoms with Crippen molar-refractivity contribution in [1.29, 1.82) is 0 Å². The van der Waals surface area contributed by atoms with Gasteiger partial charge in [0.2, 0.25) is 0 Å². The van der Waals surface area contributed by atoms with Crippen molar-refractivity contribution in [2.24, 2.45) is 16.8 Å². The molecule has 5 heteroatoms. The van der Waals surface area contributed by atoms with Crippen LogP contribution in [0.5, 0.6) is 0 Å². The molecule has 0 bridgehead atoms. The van der Waals surface area contributed by atoms with Crippen LogP contribution in [-0.4, -0.2) is 11.6 Å². The fraction of sp³-hybridized carbons (Fsp3) is 0.0588. The zero-order valence-electron chi connectivity index (χ0n) is 11.7. The SMILES string of the molecule is NC1=NN(c2ccccc2)C=CC1C(=O)c1cccc(Cl)c1. The topological polar surface area (TPSA) is 58.7 Å². The first-order valence-corrected chi connectivity index (χ1v) is 7.19. The lowest BCUT2D eigenvalue weighted by Crippen LogP contribution is -2.34. The van der Waals surface area contributed by atoms with Crippen LogP contribution in [0.3, 0.4) is 0 Å². The number of halogens is 1. The minimum absolute atomic E-state index is 0.118. The number of amidine groups is 1. The summed E-state index contributed by atoms with van der Waals surface area (Å²) in [5.41, 5.74) is 7.39. The Morgan fingerprint density at radius 2 is 1.91 bits per heavy atom. The van der Waals surface area contributed by atoms with Crippen molar-refractivity contribution < 1.29 is 4.79 Å². The molecular weight excluding hydrogens is 298 g/mol. The van der Waals surface area contributed by atoms with E-state index in [2.05, 4.69) is 5.10 Å². The molecule has 0 spiro atoms. The average molecular weight is 312 g/mol. The van der Waals surface area contributed by atoms with Crippen LogP contribution in [0.4, 0.5) is 5.69 Å². The lowest BCUT2D eigenvalue weighted by molar-refractivity contribution is 0.0971. The Kier molecular flexibility index (Phi) is 3.94. The summed E-state index contributed by atoms with van der Waals surface area (Å²) < 4.78 is 0. The molecule has 0 radical (unpaired) electrons. The molecule has 110 valence electrons. The summed E-state index contributed by atoms with van der Waals surface area (Å²) >= 11 is 5.93. The Hall–Kier alpha value is -2.59. The summed E-state index contributed by atoms with van der Waals surface area (Å²) in [5.74, 6) is -0.428. The molecule has 0 saturated heterocycles. The molecule has 1 aliphatic rings. The molecule has 0 amide bonds. The maximum absolute atomic E-state index is 12.5. The standard InChI is InChI=1S/C17H14ClN3O/c18-13-6-4-5-12(11-13)16(22)15-9-10-21(20-17(15)19)14-7-2-1-3-8-14/h1-11,15H,(H2,19,20). The molecule has 1 unspecified atom stereocenters. The molecule has 3 rings (SSSR count). The Balaban J connectivity index is 1.84. The third kappa shape index (κ3) is 2.87. The first kappa shape index (κ1) is 14.4. The van der Waals surface area contributed by atoms with Crippen molar-refractivity contribution in [2.75, 3.05) is 5.01 Å². The van der Waals surface area contributed by atoms with E-state index in [1.165, 1.54) is 0 Å². The molecule has 2 N–H and O–H groups in total. The number of carbonyl (C=O) groups is 1. The number of hydrazone groups is 1. The van der Waals surface area contributed by atoms with Gasteiger partial charge in [-0.15, -0.1) is 0 Å². The molecule has 2 aromatic carbocycles. The van der Waals surface area contributed by atoms with Gasteiger partial charge >= 0.3 is 0 Å². The van der Waals surface area contributed by atoms with Gasteiger partial charge < -0.3 is 5.73 Å². The number of hydrogen-bond donors (Lipinski definition) is 1. The summed E-state index contributed by atoms with van der Waals surface area (Å²) in [6, 6.07) is 16.4. The zero-order chi connectivity index (χ0) is 15.5. The van der Waals surface area contributed by atoms with Crippen LogP contribution >= 0.6 is 11.6 Å². The number of benzene rings is 2. The van der Waals surface area contributed by atoms with E-state index in [4.69, 9.17) is 17.3 Å². The molecule has 4 nitrogen and oxygen atoms in total. The lowest BCUT2D eigenvalue weighted by atomic mass is 9.96. The molecule has 0 aromatic heterocycles. The van der Waals surface area contributed by atoms with E-state index in [0.29, 0.717) is 10.6 Å². The highest BCUT2D eigenvalue weighted by atomic mass is 35.5. The summed E-state index contributed by atoms with van der Waals surface area (Å²) in [4.78, 5) is 12.5. The number of rotatable bonds is 3. The molecule has 0 fully saturated rings. The number of nitrogens with zero attached hydrogens (tertiary/aromatic N) is 2. The number of carbonyl (C=O) groups excluding carboxylic acids is 1. The average Bonchev–Trinajstić information content (AvgIpc) is 2.55. The number of hydrogen-bond acceptors (Lipinski definition) is 4. The van der Waals surface area contributed by atoms with Gasteiger partial charge in [-0.1, -0.05) is 41.9 Å². The van der Waals surface area contributed by atoms with Crippen LogP contribution in [0.1, 0.15) is 10.4 Å². The Morgan fingerprint density at radius 3 is 2.59 bits per heavy atom. The third-order valence-electron chi connectivity index (χ3n) is 3.37. The molecule has 1 atom stereocenters. The maximum Gasteiger partial charge on any atom is 0.177 e. The Labute approximate surface area is 133 Å². The largest absolute Gasteiger partial charge is 0.385 e. The summed E-state index contributed by atoms with van der Waals surface area (Å²) in [7, 11) is 0. The van der Waals surface area contributed by atoms with E-state index in [1.54, 1.807) is 41.6 Å². The quantitative estimate of drug-likeness (QED) is 0.883. The Bertz CT molecular complexity index is 756. The maximum atomic E-state index is 12.5. The van der Waals surface area contributed by atoms with E-state index in [0.717, 1.165) is 5.69 Å². The normalized spacial score (nSPS) is 17.2. The van der Waals surface area contributed by atoms with E-state index in [-0.39, 0.29) is 11.6 Å². The molecule has 0 aliphatic carbocycles. The fourth-order valence-electron chi connectivity index (χ4n) is 2.25. The van der Waals surface area contributed by atoms with E-state index in [9.17, 15) is 4.79 Å². The highest BCUT2D eigenvalue weighted by Crippen LogP contribution is 2.22. The first-order valence-electron chi connectivity index (χ1n) is 6.81. The van der Waals surface area contributed by atoms with Crippen LogP contribution in [0.15, 0.2) is 72.0 Å². The van der Waals surface area contributed by atoms with Gasteiger partial charge in [0.1, 0.15) is 11.8 Å². The van der Waals surface area contributed by atoms with Crippen molar-refractivity contribution in [2.45, 2.75) is 0 Å². The first-order chi connectivity index (χ1) is 10.6. The van der Waals surface area contributed by atoms with Gasteiger partial charge in [0.25, 0.3) is 0 Å². The molecule has 1 aliphatic heterocycles. The number of nitrogens with two attached hydrogens (primary N) is 1. The highest BCUT2D eigenvalue weighted by molar-refractivity contribution is 6.31. The van der Waals surface area contributed by atoms with Crippen LogP contribution in [0, 0.1) is 5.92 Å². The van der Waals surface area contributed by atoms with Crippen molar-refractivity contribution >= 4 is 28.9 Å². The van der Waals surface area contributed by atoms with Gasteiger partial charge in [-0.2, -0.15) is 5.10 Å². The second-order valence-electron chi connectivity index (χ2n) is 4.90. The predicted octanol–water partition coefficient (Wildman–Crippen LogP) is 3.45. The zero-order valence-corrected chi connectivity index (χ0v) is 12.4. The van der Waals surface area contributed by atoms with Crippen LogP contribution in [-0.2, 0) is 0 Å². The number of Topliss-reactive ketones (excluding diaryl/α,β-unsaturated/α-hetero) is 1. The van der Waals surface area contributed by atoms with Crippen LogP contribution in [0.25, 0.3) is 0 Å². The molecule has 1 heterocycles.